The molecular formula is C22H22N4O2. The molecule has 0 radical (unpaired) electrons. The van der Waals surface area contributed by atoms with E-state index in [1.54, 1.807) is 4.90 Å². The maximum absolute atomic E-state index is 13.1. The number of nitrogens with one attached hydrogen (secondary N) is 1. The van der Waals surface area contributed by atoms with Crippen LogP contribution in [-0.4, -0.2) is 48.3 Å². The van der Waals surface area contributed by atoms with E-state index in [-0.39, 0.29) is 17.7 Å². The van der Waals surface area contributed by atoms with Crippen LogP contribution in [0.2, 0.25) is 0 Å². The number of carbonyl (C=O) groups excluding carboxylic acids is 2. The summed E-state index contributed by atoms with van der Waals surface area (Å²) < 4.78 is 0. The summed E-state index contributed by atoms with van der Waals surface area (Å²) in [5, 5.41) is 12.3. The Balaban J connectivity index is 1.63. The number of imide groups is 1. The van der Waals surface area contributed by atoms with Gasteiger partial charge in [-0.2, -0.15) is 5.26 Å². The average molecular weight is 374 g/mol. The highest BCUT2D eigenvalue weighted by molar-refractivity contribution is 6.06. The van der Waals surface area contributed by atoms with Gasteiger partial charge in [-0.1, -0.05) is 30.3 Å². The molecule has 4 rings (SSSR count). The van der Waals surface area contributed by atoms with E-state index < -0.39 is 0 Å². The monoisotopic (exact) mass is 374 g/mol. The standard InChI is InChI=1S/C22H22N4O2/c1-25(21(27)16-8-10-26(13-16)14-23)22(28)17-11-19(15-5-3-2-4-6-15)18-7-9-24-20(18)12-17/h2-6,11-12,16,24H,7-10,13H2,1H3/t16-/m1/s1. The average Bonchev–Trinajstić information content (AvgIpc) is 3.41. The van der Waals surface area contributed by atoms with Crippen LogP contribution in [0.25, 0.3) is 11.1 Å². The Hall–Kier alpha value is -3.33. The summed E-state index contributed by atoms with van der Waals surface area (Å²) in [4.78, 5) is 28.6. The second kappa shape index (κ2) is 7.35. The Morgan fingerprint density at radius 1 is 1.25 bits per heavy atom. The molecule has 1 N–H and O–H groups in total. The lowest BCUT2D eigenvalue weighted by molar-refractivity contribution is -0.131. The van der Waals surface area contributed by atoms with Crippen molar-refractivity contribution in [3.8, 4) is 17.3 Å². The van der Waals surface area contributed by atoms with Gasteiger partial charge in [0.2, 0.25) is 5.91 Å². The molecule has 2 aromatic carbocycles. The minimum absolute atomic E-state index is 0.225. The number of likely N-dealkylation sites (tertiary alicyclic amines) is 1. The highest BCUT2D eigenvalue weighted by atomic mass is 16.2. The number of nitriles is 1. The number of hydrogen-bond donors (Lipinski definition) is 1. The van der Waals surface area contributed by atoms with Crippen LogP contribution in [0.1, 0.15) is 22.3 Å². The van der Waals surface area contributed by atoms with E-state index in [1.807, 2.05) is 42.5 Å². The predicted molar refractivity (Wildman–Crippen MR) is 106 cm³/mol. The second-order valence-electron chi connectivity index (χ2n) is 7.33. The maximum Gasteiger partial charge on any atom is 0.260 e. The fraction of sp³-hybridized carbons (Fsp3) is 0.318. The van der Waals surface area contributed by atoms with Crippen molar-refractivity contribution in [3.63, 3.8) is 0 Å². The molecule has 0 bridgehead atoms. The first kappa shape index (κ1) is 18.1. The topological polar surface area (TPSA) is 76.4 Å². The highest BCUT2D eigenvalue weighted by Crippen LogP contribution is 2.35. The van der Waals surface area contributed by atoms with E-state index in [2.05, 4.69) is 11.5 Å². The van der Waals surface area contributed by atoms with Gasteiger partial charge in [-0.3, -0.25) is 14.5 Å². The third-order valence-electron chi connectivity index (χ3n) is 5.59. The molecule has 2 aliphatic heterocycles. The third kappa shape index (κ3) is 3.20. The lowest BCUT2D eigenvalue weighted by Gasteiger charge is -2.20. The number of benzene rings is 2. The Labute approximate surface area is 164 Å². The summed E-state index contributed by atoms with van der Waals surface area (Å²) in [7, 11) is 1.53. The van der Waals surface area contributed by atoms with Crippen LogP contribution in [0.5, 0.6) is 0 Å². The van der Waals surface area contributed by atoms with Crippen LogP contribution < -0.4 is 5.32 Å². The summed E-state index contributed by atoms with van der Waals surface area (Å²) in [6.07, 6.45) is 3.59. The molecule has 6 heteroatoms. The van der Waals surface area contributed by atoms with Crippen LogP contribution in [0.4, 0.5) is 5.69 Å². The van der Waals surface area contributed by atoms with Crippen LogP contribution >= 0.6 is 0 Å². The summed E-state index contributed by atoms with van der Waals surface area (Å²) in [5.74, 6) is -0.846. The van der Waals surface area contributed by atoms with Crippen LogP contribution in [0.3, 0.4) is 0 Å². The highest BCUT2D eigenvalue weighted by Gasteiger charge is 2.33. The van der Waals surface area contributed by atoms with Gasteiger partial charge in [-0.15, -0.1) is 0 Å². The molecule has 2 amide bonds. The number of amides is 2. The normalized spacial score (nSPS) is 17.6. The van der Waals surface area contributed by atoms with Crippen LogP contribution in [-0.2, 0) is 11.2 Å². The molecule has 0 unspecified atom stereocenters. The van der Waals surface area contributed by atoms with Crippen LogP contribution in [0, 0.1) is 17.4 Å². The zero-order chi connectivity index (χ0) is 19.7. The van der Waals surface area contributed by atoms with Gasteiger partial charge in [0.05, 0.1) is 5.92 Å². The fourth-order valence-electron chi connectivity index (χ4n) is 4.04. The molecule has 1 atom stereocenters. The number of fused-ring (bicyclic) bond motifs is 1. The van der Waals surface area contributed by atoms with Crippen molar-refractivity contribution in [1.29, 1.82) is 5.26 Å². The van der Waals surface area contributed by atoms with Gasteiger partial charge in [-0.05, 0) is 41.7 Å². The quantitative estimate of drug-likeness (QED) is 0.660. The van der Waals surface area contributed by atoms with E-state index >= 15 is 0 Å². The Morgan fingerprint density at radius 3 is 2.75 bits per heavy atom. The van der Waals surface area contributed by atoms with Crippen molar-refractivity contribution in [2.24, 2.45) is 5.92 Å². The van der Waals surface area contributed by atoms with Crippen molar-refractivity contribution < 1.29 is 9.59 Å². The number of anilines is 1. The molecule has 0 saturated carbocycles. The van der Waals surface area contributed by atoms with Gasteiger partial charge in [0, 0.05) is 37.9 Å². The zero-order valence-electron chi connectivity index (χ0n) is 15.8. The zero-order valence-corrected chi connectivity index (χ0v) is 15.8. The Morgan fingerprint density at radius 2 is 2.04 bits per heavy atom. The van der Waals surface area contributed by atoms with E-state index in [4.69, 9.17) is 5.26 Å². The lowest BCUT2D eigenvalue weighted by atomic mass is 9.95. The minimum atomic E-state index is -0.311. The SMILES string of the molecule is CN(C(=O)c1cc2c(c(-c3ccccc3)c1)CCN2)C(=O)[C@@H]1CCN(C#N)C1. The van der Waals surface area contributed by atoms with Gasteiger partial charge < -0.3 is 10.2 Å². The lowest BCUT2D eigenvalue weighted by Crippen LogP contribution is -2.38. The van der Waals surface area contributed by atoms with Crippen molar-refractivity contribution in [3.05, 3.63) is 53.6 Å². The second-order valence-corrected chi connectivity index (χ2v) is 7.33. The molecule has 28 heavy (non-hydrogen) atoms. The van der Waals surface area contributed by atoms with Crippen molar-refractivity contribution in [1.82, 2.24) is 9.80 Å². The molecule has 2 aliphatic rings. The van der Waals surface area contributed by atoms with E-state index in [0.717, 1.165) is 29.8 Å². The van der Waals surface area contributed by atoms with Gasteiger partial charge in [0.1, 0.15) is 0 Å². The fourth-order valence-corrected chi connectivity index (χ4v) is 4.04. The van der Waals surface area contributed by atoms with Crippen molar-refractivity contribution >= 4 is 17.5 Å². The number of hydrogen-bond acceptors (Lipinski definition) is 5. The van der Waals surface area contributed by atoms with Gasteiger partial charge in [-0.25, -0.2) is 0 Å². The summed E-state index contributed by atoms with van der Waals surface area (Å²) >= 11 is 0. The smallest absolute Gasteiger partial charge is 0.260 e. The predicted octanol–water partition coefficient (Wildman–Crippen LogP) is 2.72. The molecule has 0 spiro atoms. The third-order valence-corrected chi connectivity index (χ3v) is 5.59. The molecule has 142 valence electrons. The van der Waals surface area contributed by atoms with Gasteiger partial charge in [0.15, 0.2) is 6.19 Å². The molecule has 0 aromatic heterocycles. The van der Waals surface area contributed by atoms with Crippen LogP contribution in [0.15, 0.2) is 42.5 Å². The molecule has 6 nitrogen and oxygen atoms in total. The number of nitrogens with zero attached hydrogens (tertiary/aromatic N) is 3. The first-order chi connectivity index (χ1) is 13.6. The number of rotatable bonds is 3. The number of carbonyl (C=O) groups is 2. The molecule has 1 saturated heterocycles. The summed E-state index contributed by atoms with van der Waals surface area (Å²) in [6.45, 7) is 1.79. The first-order valence-electron chi connectivity index (χ1n) is 9.51. The Kier molecular flexibility index (Phi) is 4.74. The first-order valence-corrected chi connectivity index (χ1v) is 9.51. The van der Waals surface area contributed by atoms with Gasteiger partial charge >= 0.3 is 0 Å². The largest absolute Gasteiger partial charge is 0.384 e. The molecule has 1 fully saturated rings. The Bertz CT molecular complexity index is 964. The summed E-state index contributed by atoms with van der Waals surface area (Å²) in [6, 6.07) is 13.7. The van der Waals surface area contributed by atoms with Gasteiger partial charge in [0.25, 0.3) is 5.91 Å². The van der Waals surface area contributed by atoms with E-state index in [9.17, 15) is 9.59 Å². The maximum atomic E-state index is 13.1. The molecule has 0 aliphatic carbocycles. The van der Waals surface area contributed by atoms with Crippen molar-refractivity contribution in [2.75, 3.05) is 32.0 Å². The summed E-state index contributed by atoms with van der Waals surface area (Å²) in [5.41, 5.74) is 4.76. The molecule has 2 heterocycles. The molecular weight excluding hydrogens is 352 g/mol. The van der Waals surface area contributed by atoms with E-state index in [0.29, 0.717) is 25.1 Å². The van der Waals surface area contributed by atoms with Crippen molar-refractivity contribution in [2.45, 2.75) is 12.8 Å². The van der Waals surface area contributed by atoms with E-state index in [1.165, 1.54) is 17.5 Å². The minimum Gasteiger partial charge on any atom is -0.384 e. The molecule has 2 aromatic rings.